The summed E-state index contributed by atoms with van der Waals surface area (Å²) in [6.45, 7) is 7.14. The van der Waals surface area contributed by atoms with Crippen molar-refractivity contribution >= 4 is 5.97 Å². The zero-order valence-corrected chi connectivity index (χ0v) is 9.29. The number of rotatable bonds is 7. The van der Waals surface area contributed by atoms with Crippen molar-refractivity contribution in [2.45, 2.75) is 27.2 Å². The fourth-order valence-electron chi connectivity index (χ4n) is 0.753. The highest BCUT2D eigenvalue weighted by Gasteiger charge is 2.01. The predicted molar refractivity (Wildman–Crippen MR) is 56.0 cm³/mol. The normalized spacial score (nSPS) is 11.1. The molecule has 0 radical (unpaired) electrons. The van der Waals surface area contributed by atoms with Crippen molar-refractivity contribution in [1.29, 1.82) is 0 Å². The number of carbonyl (C=O) groups excluding carboxylic acids is 1. The quantitative estimate of drug-likeness (QED) is 0.359. The molecule has 0 spiro atoms. The van der Waals surface area contributed by atoms with Crippen LogP contribution in [0.25, 0.3) is 0 Å². The number of allylic oxidation sites excluding steroid dienone is 1. The van der Waals surface area contributed by atoms with Gasteiger partial charge in [-0.25, -0.2) is 4.79 Å². The lowest BCUT2D eigenvalue weighted by molar-refractivity contribution is -0.147. The van der Waals surface area contributed by atoms with Crippen LogP contribution in [0.1, 0.15) is 27.2 Å². The molecular formula is C11H20O3. The van der Waals surface area contributed by atoms with E-state index in [1.807, 2.05) is 13.0 Å². The molecule has 0 fully saturated rings. The van der Waals surface area contributed by atoms with Gasteiger partial charge in [-0.15, -0.1) is 0 Å². The third-order valence-electron chi connectivity index (χ3n) is 1.64. The van der Waals surface area contributed by atoms with Crippen LogP contribution < -0.4 is 0 Å². The van der Waals surface area contributed by atoms with E-state index in [0.29, 0.717) is 19.1 Å². The molecule has 0 bridgehead atoms. The van der Waals surface area contributed by atoms with Crippen molar-refractivity contribution < 1.29 is 14.3 Å². The maximum Gasteiger partial charge on any atom is 0.332 e. The first-order chi connectivity index (χ1) is 6.66. The first-order valence-corrected chi connectivity index (χ1v) is 5.01. The molecule has 0 aliphatic rings. The lowest BCUT2D eigenvalue weighted by Gasteiger charge is -2.05. The van der Waals surface area contributed by atoms with Gasteiger partial charge in [-0.3, -0.25) is 0 Å². The van der Waals surface area contributed by atoms with Crippen molar-refractivity contribution in [1.82, 2.24) is 0 Å². The molecule has 0 aliphatic heterocycles. The van der Waals surface area contributed by atoms with Crippen molar-refractivity contribution in [2.75, 3.05) is 19.8 Å². The number of esters is 1. The zero-order chi connectivity index (χ0) is 10.8. The van der Waals surface area contributed by atoms with Gasteiger partial charge < -0.3 is 9.47 Å². The largest absolute Gasteiger partial charge is 0.460 e. The van der Waals surface area contributed by atoms with E-state index in [4.69, 9.17) is 9.47 Å². The average molecular weight is 200 g/mol. The van der Waals surface area contributed by atoms with Crippen molar-refractivity contribution in [3.05, 3.63) is 12.2 Å². The standard InChI is InChI=1S/C11H20O3/c1-4-5-7-14-11(12)9-13-8-6-10(2)3/h4-5,10H,6-9H2,1-3H3/b5-4+. The second-order valence-electron chi connectivity index (χ2n) is 3.49. The summed E-state index contributed by atoms with van der Waals surface area (Å²) >= 11 is 0. The van der Waals surface area contributed by atoms with Crippen LogP contribution >= 0.6 is 0 Å². The minimum atomic E-state index is -0.299. The van der Waals surface area contributed by atoms with Crippen LogP contribution in [-0.4, -0.2) is 25.8 Å². The summed E-state index contributed by atoms with van der Waals surface area (Å²) in [5.41, 5.74) is 0. The number of hydrogen-bond donors (Lipinski definition) is 0. The first-order valence-electron chi connectivity index (χ1n) is 5.01. The molecule has 0 aliphatic carbocycles. The molecule has 3 nitrogen and oxygen atoms in total. The molecule has 0 aromatic heterocycles. The number of hydrogen-bond acceptors (Lipinski definition) is 3. The van der Waals surface area contributed by atoms with E-state index >= 15 is 0 Å². The second-order valence-corrected chi connectivity index (χ2v) is 3.49. The molecule has 14 heavy (non-hydrogen) atoms. The molecule has 0 amide bonds. The Labute approximate surface area is 86.1 Å². The van der Waals surface area contributed by atoms with Gasteiger partial charge in [0.1, 0.15) is 13.2 Å². The van der Waals surface area contributed by atoms with Crippen molar-refractivity contribution in [3.63, 3.8) is 0 Å². The minimum Gasteiger partial charge on any atom is -0.460 e. The number of carbonyl (C=O) groups is 1. The Balaban J connectivity index is 3.27. The fraction of sp³-hybridized carbons (Fsp3) is 0.727. The van der Waals surface area contributed by atoms with Crippen LogP contribution in [0, 0.1) is 5.92 Å². The Bertz CT molecular complexity index is 173. The van der Waals surface area contributed by atoms with Gasteiger partial charge in [0, 0.05) is 6.61 Å². The first kappa shape index (κ1) is 13.2. The topological polar surface area (TPSA) is 35.5 Å². The van der Waals surface area contributed by atoms with Crippen LogP contribution in [0.4, 0.5) is 0 Å². The summed E-state index contributed by atoms with van der Waals surface area (Å²) < 4.78 is 9.98. The van der Waals surface area contributed by atoms with E-state index in [0.717, 1.165) is 6.42 Å². The average Bonchev–Trinajstić information content (AvgIpc) is 2.13. The van der Waals surface area contributed by atoms with Crippen LogP contribution in [0.3, 0.4) is 0 Å². The summed E-state index contributed by atoms with van der Waals surface area (Å²) in [7, 11) is 0. The Hall–Kier alpha value is -0.830. The highest BCUT2D eigenvalue weighted by Crippen LogP contribution is 1.98. The summed E-state index contributed by atoms with van der Waals surface area (Å²) in [6.07, 6.45) is 4.60. The molecule has 0 unspecified atom stereocenters. The molecular weight excluding hydrogens is 180 g/mol. The van der Waals surface area contributed by atoms with Gasteiger partial charge in [-0.2, -0.15) is 0 Å². The summed E-state index contributed by atoms with van der Waals surface area (Å²) in [4.78, 5) is 11.0. The summed E-state index contributed by atoms with van der Waals surface area (Å²) in [5, 5.41) is 0. The van der Waals surface area contributed by atoms with E-state index in [2.05, 4.69) is 13.8 Å². The second kappa shape index (κ2) is 8.75. The van der Waals surface area contributed by atoms with E-state index in [1.165, 1.54) is 0 Å². The predicted octanol–water partition coefficient (Wildman–Crippen LogP) is 2.17. The van der Waals surface area contributed by atoms with Gasteiger partial charge in [0.25, 0.3) is 0 Å². The van der Waals surface area contributed by atoms with Crippen molar-refractivity contribution in [3.8, 4) is 0 Å². The molecule has 0 saturated heterocycles. The van der Waals surface area contributed by atoms with Gasteiger partial charge in [0.2, 0.25) is 0 Å². The minimum absolute atomic E-state index is 0.0598. The number of ether oxygens (including phenoxy) is 2. The van der Waals surface area contributed by atoms with E-state index in [9.17, 15) is 4.79 Å². The molecule has 0 heterocycles. The summed E-state index contributed by atoms with van der Waals surface area (Å²) in [5.74, 6) is 0.306. The van der Waals surface area contributed by atoms with Crippen LogP contribution in [-0.2, 0) is 14.3 Å². The third-order valence-corrected chi connectivity index (χ3v) is 1.64. The van der Waals surface area contributed by atoms with E-state index in [1.54, 1.807) is 6.08 Å². The maximum absolute atomic E-state index is 11.0. The molecule has 0 rings (SSSR count). The van der Waals surface area contributed by atoms with Crippen molar-refractivity contribution in [2.24, 2.45) is 5.92 Å². The SMILES string of the molecule is C/C=C/COC(=O)COCCC(C)C. The molecule has 3 heteroatoms. The van der Waals surface area contributed by atoms with E-state index < -0.39 is 0 Å². The fourth-order valence-corrected chi connectivity index (χ4v) is 0.753. The third kappa shape index (κ3) is 9.26. The monoisotopic (exact) mass is 200 g/mol. The zero-order valence-electron chi connectivity index (χ0n) is 9.29. The van der Waals surface area contributed by atoms with Crippen LogP contribution in [0.2, 0.25) is 0 Å². The Morgan fingerprint density at radius 2 is 2.14 bits per heavy atom. The highest BCUT2D eigenvalue weighted by molar-refractivity contribution is 5.70. The van der Waals surface area contributed by atoms with Gasteiger partial charge in [0.05, 0.1) is 0 Å². The van der Waals surface area contributed by atoms with Gasteiger partial charge >= 0.3 is 5.97 Å². The molecule has 0 saturated carbocycles. The maximum atomic E-state index is 11.0. The molecule has 0 aromatic carbocycles. The highest BCUT2D eigenvalue weighted by atomic mass is 16.6. The van der Waals surface area contributed by atoms with Crippen LogP contribution in [0.15, 0.2) is 12.2 Å². The molecule has 0 atom stereocenters. The lowest BCUT2D eigenvalue weighted by Crippen LogP contribution is -2.13. The van der Waals surface area contributed by atoms with Crippen LogP contribution in [0.5, 0.6) is 0 Å². The Kier molecular flexibility index (Phi) is 8.24. The van der Waals surface area contributed by atoms with E-state index in [-0.39, 0.29) is 12.6 Å². The Morgan fingerprint density at radius 1 is 1.43 bits per heavy atom. The molecule has 82 valence electrons. The lowest BCUT2D eigenvalue weighted by atomic mass is 10.1. The smallest absolute Gasteiger partial charge is 0.332 e. The van der Waals surface area contributed by atoms with Gasteiger partial charge in [-0.1, -0.05) is 26.0 Å². The van der Waals surface area contributed by atoms with Gasteiger partial charge in [-0.05, 0) is 19.3 Å². The molecule has 0 aromatic rings. The molecule has 0 N–H and O–H groups in total. The Morgan fingerprint density at radius 3 is 2.71 bits per heavy atom. The summed E-state index contributed by atoms with van der Waals surface area (Å²) in [6, 6.07) is 0. The van der Waals surface area contributed by atoms with Gasteiger partial charge in [0.15, 0.2) is 0 Å².